The Morgan fingerprint density at radius 3 is 2.76 bits per heavy atom. The summed E-state index contributed by atoms with van der Waals surface area (Å²) in [4.78, 5) is 20.7. The molecule has 25 heavy (non-hydrogen) atoms. The van der Waals surface area contributed by atoms with Crippen molar-refractivity contribution in [1.29, 1.82) is 0 Å². The molecule has 0 spiro atoms. The van der Waals surface area contributed by atoms with E-state index < -0.39 is 0 Å². The van der Waals surface area contributed by atoms with Crippen LogP contribution in [0.25, 0.3) is 5.69 Å². The molecule has 1 amide bonds. The number of aromatic nitrogens is 4. The molecular formula is C19H21N5O. The highest BCUT2D eigenvalue weighted by Crippen LogP contribution is 2.09. The van der Waals surface area contributed by atoms with Crippen LogP contribution < -0.4 is 5.32 Å². The molecule has 6 nitrogen and oxygen atoms in total. The molecule has 0 saturated carbocycles. The maximum Gasteiger partial charge on any atom is 0.232 e. The van der Waals surface area contributed by atoms with Crippen LogP contribution >= 0.6 is 0 Å². The number of nitrogens with one attached hydrogen (secondary N) is 1. The second kappa shape index (κ2) is 8.19. The van der Waals surface area contributed by atoms with Gasteiger partial charge in [0.05, 0.1) is 17.8 Å². The lowest BCUT2D eigenvalue weighted by Crippen LogP contribution is -2.17. The van der Waals surface area contributed by atoms with E-state index in [4.69, 9.17) is 0 Å². The van der Waals surface area contributed by atoms with Crippen LogP contribution in [-0.2, 0) is 17.6 Å². The SMILES string of the molecule is CCCCc1ccnc(NC(=O)Cc2ccn(-c3ccccc3)n2)n1. The van der Waals surface area contributed by atoms with Crippen molar-refractivity contribution in [2.75, 3.05) is 5.32 Å². The number of nitrogens with zero attached hydrogens (tertiary/aromatic N) is 4. The highest BCUT2D eigenvalue weighted by atomic mass is 16.1. The van der Waals surface area contributed by atoms with Gasteiger partial charge in [0.2, 0.25) is 11.9 Å². The number of unbranched alkanes of at least 4 members (excludes halogenated alkanes) is 1. The highest BCUT2D eigenvalue weighted by molar-refractivity contribution is 5.90. The number of anilines is 1. The van der Waals surface area contributed by atoms with Gasteiger partial charge in [0, 0.05) is 18.1 Å². The minimum atomic E-state index is -0.175. The van der Waals surface area contributed by atoms with Crippen molar-refractivity contribution in [3.8, 4) is 5.69 Å². The first-order valence-electron chi connectivity index (χ1n) is 8.46. The Labute approximate surface area is 146 Å². The summed E-state index contributed by atoms with van der Waals surface area (Å²) in [6.07, 6.45) is 6.78. The van der Waals surface area contributed by atoms with Gasteiger partial charge < -0.3 is 0 Å². The van der Waals surface area contributed by atoms with E-state index >= 15 is 0 Å². The third-order valence-electron chi connectivity index (χ3n) is 3.76. The summed E-state index contributed by atoms with van der Waals surface area (Å²) >= 11 is 0. The minimum Gasteiger partial charge on any atom is -0.294 e. The zero-order valence-electron chi connectivity index (χ0n) is 14.2. The van der Waals surface area contributed by atoms with Crippen molar-refractivity contribution in [1.82, 2.24) is 19.7 Å². The smallest absolute Gasteiger partial charge is 0.232 e. The first kappa shape index (κ1) is 16.8. The molecule has 6 heteroatoms. The molecule has 0 aliphatic carbocycles. The van der Waals surface area contributed by atoms with Crippen LogP contribution in [0.4, 0.5) is 5.95 Å². The van der Waals surface area contributed by atoms with E-state index in [1.807, 2.05) is 48.7 Å². The van der Waals surface area contributed by atoms with Gasteiger partial charge in [0.25, 0.3) is 0 Å². The summed E-state index contributed by atoms with van der Waals surface area (Å²) in [7, 11) is 0. The maximum atomic E-state index is 12.2. The summed E-state index contributed by atoms with van der Waals surface area (Å²) < 4.78 is 1.75. The van der Waals surface area contributed by atoms with Gasteiger partial charge in [0.1, 0.15) is 0 Å². The number of amides is 1. The fourth-order valence-electron chi connectivity index (χ4n) is 2.47. The molecule has 0 atom stereocenters. The van der Waals surface area contributed by atoms with Crippen molar-refractivity contribution in [2.45, 2.75) is 32.6 Å². The zero-order chi connectivity index (χ0) is 17.5. The monoisotopic (exact) mass is 335 g/mol. The average molecular weight is 335 g/mol. The Bertz CT molecular complexity index is 829. The highest BCUT2D eigenvalue weighted by Gasteiger charge is 2.09. The van der Waals surface area contributed by atoms with Crippen LogP contribution in [0.15, 0.2) is 54.9 Å². The lowest BCUT2D eigenvalue weighted by atomic mass is 10.2. The molecule has 0 saturated heterocycles. The predicted molar refractivity (Wildman–Crippen MR) is 96.5 cm³/mol. The van der Waals surface area contributed by atoms with Crippen LogP contribution in [-0.4, -0.2) is 25.7 Å². The second-order valence-electron chi connectivity index (χ2n) is 5.79. The minimum absolute atomic E-state index is 0.175. The molecule has 0 bridgehead atoms. The Morgan fingerprint density at radius 2 is 1.96 bits per heavy atom. The summed E-state index contributed by atoms with van der Waals surface area (Å²) in [5.74, 6) is 0.173. The van der Waals surface area contributed by atoms with Crippen molar-refractivity contribution < 1.29 is 4.79 Å². The molecule has 0 aliphatic rings. The van der Waals surface area contributed by atoms with Crippen LogP contribution in [0, 0.1) is 0 Å². The maximum absolute atomic E-state index is 12.2. The first-order chi connectivity index (χ1) is 12.2. The van der Waals surface area contributed by atoms with E-state index in [-0.39, 0.29) is 12.3 Å². The number of carbonyl (C=O) groups is 1. The normalized spacial score (nSPS) is 10.6. The predicted octanol–water partition coefficient (Wildman–Crippen LogP) is 3.19. The van der Waals surface area contributed by atoms with E-state index in [1.165, 1.54) is 0 Å². The molecule has 0 unspecified atom stereocenters. The molecule has 128 valence electrons. The Morgan fingerprint density at radius 1 is 1.12 bits per heavy atom. The number of para-hydroxylation sites is 1. The number of hydrogen-bond donors (Lipinski definition) is 1. The van der Waals surface area contributed by atoms with Crippen LogP contribution in [0.5, 0.6) is 0 Å². The Hall–Kier alpha value is -3.02. The van der Waals surface area contributed by atoms with Gasteiger partial charge in [-0.1, -0.05) is 31.5 Å². The Kier molecular flexibility index (Phi) is 5.51. The molecule has 1 aromatic carbocycles. The number of benzene rings is 1. The van der Waals surface area contributed by atoms with E-state index in [1.54, 1.807) is 10.9 Å². The van der Waals surface area contributed by atoms with E-state index in [0.717, 1.165) is 30.6 Å². The number of rotatable bonds is 7. The Balaban J connectivity index is 1.60. The van der Waals surface area contributed by atoms with Gasteiger partial charge in [-0.25, -0.2) is 14.6 Å². The van der Waals surface area contributed by atoms with Crippen LogP contribution in [0.3, 0.4) is 0 Å². The van der Waals surface area contributed by atoms with Gasteiger partial charge in [-0.15, -0.1) is 0 Å². The summed E-state index contributed by atoms with van der Waals surface area (Å²) in [6.45, 7) is 2.14. The fraction of sp³-hybridized carbons (Fsp3) is 0.263. The van der Waals surface area contributed by atoms with Crippen molar-refractivity contribution >= 4 is 11.9 Å². The third kappa shape index (κ3) is 4.73. The molecule has 3 rings (SSSR count). The summed E-state index contributed by atoms with van der Waals surface area (Å²) in [6, 6.07) is 13.5. The molecule has 0 aliphatic heterocycles. The van der Waals surface area contributed by atoms with Crippen LogP contribution in [0.2, 0.25) is 0 Å². The molecule has 2 aromatic heterocycles. The van der Waals surface area contributed by atoms with Gasteiger partial charge in [-0.3, -0.25) is 10.1 Å². The van der Waals surface area contributed by atoms with Crippen molar-refractivity contribution in [3.63, 3.8) is 0 Å². The van der Waals surface area contributed by atoms with Gasteiger partial charge in [-0.05, 0) is 37.1 Å². The van der Waals surface area contributed by atoms with Crippen molar-refractivity contribution in [3.05, 3.63) is 66.2 Å². The summed E-state index contributed by atoms with van der Waals surface area (Å²) in [5, 5.41) is 7.18. The number of carbonyl (C=O) groups excluding carboxylic acids is 1. The first-order valence-corrected chi connectivity index (χ1v) is 8.46. The molecular weight excluding hydrogens is 314 g/mol. The summed E-state index contributed by atoms with van der Waals surface area (Å²) in [5.41, 5.74) is 2.60. The van der Waals surface area contributed by atoms with Gasteiger partial charge in [-0.2, -0.15) is 5.10 Å². The standard InChI is InChI=1S/C19H21N5O/c1-2-3-7-15-10-12-20-19(21-15)22-18(25)14-16-11-13-24(23-16)17-8-5-4-6-9-17/h4-6,8-13H,2-3,7,14H2,1H3,(H,20,21,22,25). The molecule has 2 heterocycles. The largest absolute Gasteiger partial charge is 0.294 e. The third-order valence-corrected chi connectivity index (χ3v) is 3.76. The van der Waals surface area contributed by atoms with Crippen molar-refractivity contribution in [2.24, 2.45) is 0 Å². The topological polar surface area (TPSA) is 72.7 Å². The quantitative estimate of drug-likeness (QED) is 0.720. The fourth-order valence-corrected chi connectivity index (χ4v) is 2.47. The van der Waals surface area contributed by atoms with Gasteiger partial charge >= 0.3 is 0 Å². The molecule has 3 aromatic rings. The second-order valence-corrected chi connectivity index (χ2v) is 5.79. The van der Waals surface area contributed by atoms with E-state index in [9.17, 15) is 4.79 Å². The average Bonchev–Trinajstić information content (AvgIpc) is 3.09. The van der Waals surface area contributed by atoms with Crippen LogP contribution in [0.1, 0.15) is 31.2 Å². The zero-order valence-corrected chi connectivity index (χ0v) is 14.2. The number of hydrogen-bond acceptors (Lipinski definition) is 4. The lowest BCUT2D eigenvalue weighted by molar-refractivity contribution is -0.115. The van der Waals surface area contributed by atoms with E-state index in [2.05, 4.69) is 27.3 Å². The van der Waals surface area contributed by atoms with Gasteiger partial charge in [0.15, 0.2) is 0 Å². The molecule has 1 N–H and O–H groups in total. The number of aryl methyl sites for hydroxylation is 1. The lowest BCUT2D eigenvalue weighted by Gasteiger charge is -2.04. The molecule has 0 fully saturated rings. The molecule has 0 radical (unpaired) electrons. The van der Waals surface area contributed by atoms with E-state index in [0.29, 0.717) is 11.6 Å².